The van der Waals surface area contributed by atoms with E-state index in [1.807, 2.05) is 0 Å². The molecule has 12 heavy (non-hydrogen) atoms. The molecule has 0 aliphatic carbocycles. The number of pyridine rings is 1. The Hall–Kier alpha value is -1.33. The molecule has 0 aliphatic heterocycles. The molecule has 0 bridgehead atoms. The summed E-state index contributed by atoms with van der Waals surface area (Å²) in [6.07, 6.45) is -3.02. The van der Waals surface area contributed by atoms with Crippen molar-refractivity contribution in [2.75, 3.05) is 0 Å². The van der Waals surface area contributed by atoms with Gasteiger partial charge in [0.05, 0.1) is 5.69 Å². The van der Waals surface area contributed by atoms with Crippen LogP contribution in [0.4, 0.5) is 17.6 Å². The second kappa shape index (κ2) is 2.96. The van der Waals surface area contributed by atoms with Gasteiger partial charge in [-0.05, 0) is 0 Å². The van der Waals surface area contributed by atoms with Crippen molar-refractivity contribution in [1.82, 2.24) is 4.98 Å². The van der Waals surface area contributed by atoms with Crippen molar-refractivity contribution in [3.05, 3.63) is 33.7 Å². The van der Waals surface area contributed by atoms with Crippen molar-refractivity contribution < 1.29 is 17.6 Å². The van der Waals surface area contributed by atoms with E-state index < -0.39 is 29.3 Å². The average molecular weight is 181 g/mol. The van der Waals surface area contributed by atoms with E-state index in [1.54, 1.807) is 0 Å². The van der Waals surface area contributed by atoms with Gasteiger partial charge in [-0.2, -0.15) is 8.78 Å². The van der Waals surface area contributed by atoms with Crippen LogP contribution in [0.2, 0.25) is 0 Å². The maximum Gasteiger partial charge on any atom is 0.278 e. The molecule has 0 spiro atoms. The second-order valence-corrected chi connectivity index (χ2v) is 2.02. The molecule has 6 heteroatoms. The molecule has 1 N–H and O–H groups in total. The first-order valence-corrected chi connectivity index (χ1v) is 2.88. The van der Waals surface area contributed by atoms with E-state index >= 15 is 0 Å². The largest absolute Gasteiger partial charge is 0.328 e. The lowest BCUT2D eigenvalue weighted by molar-refractivity contribution is 0.144. The minimum absolute atomic E-state index is 0.322. The van der Waals surface area contributed by atoms with Crippen molar-refractivity contribution in [3.8, 4) is 0 Å². The Morgan fingerprint density at radius 3 is 2.33 bits per heavy atom. The fourth-order valence-corrected chi connectivity index (χ4v) is 0.648. The van der Waals surface area contributed by atoms with E-state index in [0.717, 1.165) is 0 Å². The molecular formula is C6H3F4NO. The van der Waals surface area contributed by atoms with Crippen molar-refractivity contribution in [2.45, 2.75) is 6.43 Å². The standard InChI is InChI=1S/C6H3F4NO/c7-4-3(12)1-2(5(8)9)11-6(4)10/h1,5H,(H,11,12). The highest BCUT2D eigenvalue weighted by molar-refractivity contribution is 5.08. The maximum atomic E-state index is 12.2. The predicted molar refractivity (Wildman–Crippen MR) is 31.9 cm³/mol. The van der Waals surface area contributed by atoms with Crippen LogP contribution in [0.3, 0.4) is 0 Å². The van der Waals surface area contributed by atoms with Crippen LogP contribution in [0.5, 0.6) is 0 Å². The number of rotatable bonds is 1. The molecule has 1 rings (SSSR count). The minimum Gasteiger partial charge on any atom is -0.328 e. The molecule has 0 radical (unpaired) electrons. The first kappa shape index (κ1) is 8.76. The quantitative estimate of drug-likeness (QED) is 0.517. The first-order chi connectivity index (χ1) is 5.52. The molecule has 0 saturated carbocycles. The number of aromatic amines is 1. The fourth-order valence-electron chi connectivity index (χ4n) is 0.648. The van der Waals surface area contributed by atoms with Crippen LogP contribution in [0.25, 0.3) is 0 Å². The van der Waals surface area contributed by atoms with Crippen LogP contribution >= 0.6 is 0 Å². The summed E-state index contributed by atoms with van der Waals surface area (Å²) in [6.45, 7) is 0. The van der Waals surface area contributed by atoms with Crippen LogP contribution in [0.1, 0.15) is 12.1 Å². The Morgan fingerprint density at radius 1 is 1.33 bits per heavy atom. The van der Waals surface area contributed by atoms with Crippen LogP contribution < -0.4 is 5.43 Å². The minimum atomic E-state index is -3.02. The molecule has 0 fully saturated rings. The number of hydrogen-bond donors (Lipinski definition) is 1. The number of halogens is 4. The molecule has 1 aromatic rings. The third kappa shape index (κ3) is 1.46. The van der Waals surface area contributed by atoms with E-state index in [1.165, 1.54) is 4.98 Å². The van der Waals surface area contributed by atoms with Gasteiger partial charge in [0.1, 0.15) is 0 Å². The van der Waals surface area contributed by atoms with E-state index in [9.17, 15) is 22.4 Å². The lowest BCUT2D eigenvalue weighted by atomic mass is 10.3. The lowest BCUT2D eigenvalue weighted by Crippen LogP contribution is -2.12. The maximum absolute atomic E-state index is 12.2. The number of nitrogens with one attached hydrogen (secondary N) is 1. The second-order valence-electron chi connectivity index (χ2n) is 2.02. The average Bonchev–Trinajstić information content (AvgIpc) is 1.99. The molecule has 66 valence electrons. The Balaban J connectivity index is 3.31. The summed E-state index contributed by atoms with van der Waals surface area (Å²) in [4.78, 5) is 11.8. The number of hydrogen-bond acceptors (Lipinski definition) is 1. The Kier molecular flexibility index (Phi) is 2.16. The fraction of sp³-hybridized carbons (Fsp3) is 0.167. The summed E-state index contributed by atoms with van der Waals surface area (Å²) in [6, 6.07) is 0.322. The lowest BCUT2D eigenvalue weighted by Gasteiger charge is -1.99. The number of H-pyrrole nitrogens is 1. The Bertz CT molecular complexity index is 346. The zero-order valence-corrected chi connectivity index (χ0v) is 5.57. The third-order valence-corrected chi connectivity index (χ3v) is 1.18. The predicted octanol–water partition coefficient (Wildman–Crippen LogP) is 1.59. The summed E-state index contributed by atoms with van der Waals surface area (Å²) in [5.41, 5.74) is -2.32. The van der Waals surface area contributed by atoms with Gasteiger partial charge in [-0.15, -0.1) is 0 Å². The van der Waals surface area contributed by atoms with Crippen LogP contribution in [-0.4, -0.2) is 4.98 Å². The van der Waals surface area contributed by atoms with Crippen molar-refractivity contribution in [3.63, 3.8) is 0 Å². The molecule has 0 aromatic carbocycles. The Labute approximate surface area is 63.8 Å². The summed E-state index contributed by atoms with van der Waals surface area (Å²) in [5.74, 6) is -3.35. The summed E-state index contributed by atoms with van der Waals surface area (Å²) in [5, 5.41) is 0. The van der Waals surface area contributed by atoms with Crippen LogP contribution in [-0.2, 0) is 0 Å². The zero-order valence-electron chi connectivity index (χ0n) is 5.57. The molecule has 0 aliphatic rings. The molecule has 0 atom stereocenters. The zero-order chi connectivity index (χ0) is 9.30. The van der Waals surface area contributed by atoms with Gasteiger partial charge in [-0.1, -0.05) is 0 Å². The summed E-state index contributed by atoms with van der Waals surface area (Å²) in [7, 11) is 0. The van der Waals surface area contributed by atoms with E-state index in [2.05, 4.69) is 0 Å². The Morgan fingerprint density at radius 2 is 1.92 bits per heavy atom. The molecule has 0 unspecified atom stereocenters. The van der Waals surface area contributed by atoms with Gasteiger partial charge in [0.15, 0.2) is 0 Å². The summed E-state index contributed by atoms with van der Waals surface area (Å²) < 4.78 is 48.0. The SMILES string of the molecule is O=c1cc(C(F)F)[nH]c(F)c1F. The van der Waals surface area contributed by atoms with E-state index in [-0.39, 0.29) is 0 Å². The smallest absolute Gasteiger partial charge is 0.278 e. The highest BCUT2D eigenvalue weighted by Crippen LogP contribution is 2.14. The topological polar surface area (TPSA) is 32.9 Å². The molecule has 1 heterocycles. The van der Waals surface area contributed by atoms with Gasteiger partial charge >= 0.3 is 0 Å². The van der Waals surface area contributed by atoms with Crippen molar-refractivity contribution in [2.24, 2.45) is 0 Å². The molecule has 2 nitrogen and oxygen atoms in total. The van der Waals surface area contributed by atoms with Crippen molar-refractivity contribution in [1.29, 1.82) is 0 Å². The van der Waals surface area contributed by atoms with Gasteiger partial charge in [0.25, 0.3) is 6.43 Å². The molecule has 1 aromatic heterocycles. The van der Waals surface area contributed by atoms with E-state index in [4.69, 9.17) is 0 Å². The highest BCUT2D eigenvalue weighted by Gasteiger charge is 2.14. The van der Waals surface area contributed by atoms with Gasteiger partial charge in [0, 0.05) is 6.07 Å². The normalized spacial score (nSPS) is 10.8. The van der Waals surface area contributed by atoms with Gasteiger partial charge in [-0.3, -0.25) is 4.79 Å². The number of aromatic nitrogens is 1. The van der Waals surface area contributed by atoms with E-state index in [0.29, 0.717) is 6.07 Å². The summed E-state index contributed by atoms with van der Waals surface area (Å²) >= 11 is 0. The monoisotopic (exact) mass is 181 g/mol. The third-order valence-electron chi connectivity index (χ3n) is 1.18. The van der Waals surface area contributed by atoms with Crippen LogP contribution in [0.15, 0.2) is 10.9 Å². The first-order valence-electron chi connectivity index (χ1n) is 2.88. The van der Waals surface area contributed by atoms with Crippen LogP contribution in [0, 0.1) is 11.8 Å². The van der Waals surface area contributed by atoms with Gasteiger partial charge in [0.2, 0.25) is 17.2 Å². The van der Waals surface area contributed by atoms with Gasteiger partial charge in [-0.25, -0.2) is 8.78 Å². The number of alkyl halides is 2. The molecule has 0 amide bonds. The molecular weight excluding hydrogens is 178 g/mol. The van der Waals surface area contributed by atoms with Gasteiger partial charge < -0.3 is 4.98 Å². The van der Waals surface area contributed by atoms with Crippen molar-refractivity contribution >= 4 is 0 Å². The molecule has 0 saturated heterocycles. The highest BCUT2D eigenvalue weighted by atomic mass is 19.3.